The van der Waals surface area contributed by atoms with E-state index in [2.05, 4.69) is 11.4 Å². The minimum Gasteiger partial charge on any atom is -0.372 e. The maximum atomic E-state index is 13.4. The molecule has 0 saturated carbocycles. The lowest BCUT2D eigenvalue weighted by molar-refractivity contribution is 0.0987. The Bertz CT molecular complexity index is 461. The van der Waals surface area contributed by atoms with E-state index in [9.17, 15) is 4.39 Å². The van der Waals surface area contributed by atoms with E-state index in [0.29, 0.717) is 19.6 Å². The Balaban J connectivity index is 2.06. The largest absolute Gasteiger partial charge is 0.372 e. The molecule has 0 radical (unpaired) electrons. The number of halogens is 2. The van der Waals surface area contributed by atoms with Crippen molar-refractivity contribution in [3.05, 3.63) is 34.6 Å². The van der Waals surface area contributed by atoms with Crippen LogP contribution in [0.2, 0.25) is 5.02 Å². The van der Waals surface area contributed by atoms with Crippen LogP contribution in [0.3, 0.4) is 0 Å². The van der Waals surface area contributed by atoms with Crippen LogP contribution in [0.5, 0.6) is 0 Å². The van der Waals surface area contributed by atoms with Crippen LogP contribution in [0.25, 0.3) is 0 Å². The van der Waals surface area contributed by atoms with Crippen LogP contribution in [0.4, 0.5) is 4.39 Å². The lowest BCUT2D eigenvalue weighted by Crippen LogP contribution is -2.32. The predicted octanol–water partition coefficient (Wildman–Crippen LogP) is 2.81. The maximum absolute atomic E-state index is 13.4. The van der Waals surface area contributed by atoms with Gasteiger partial charge in [-0.05, 0) is 24.1 Å². The molecule has 0 unspecified atom stereocenters. The van der Waals surface area contributed by atoms with Crippen molar-refractivity contribution in [2.75, 3.05) is 13.2 Å². The number of nitrogens with zero attached hydrogens (tertiary/aromatic N) is 1. The zero-order valence-electron chi connectivity index (χ0n) is 9.83. The summed E-state index contributed by atoms with van der Waals surface area (Å²) in [4.78, 5) is 0. The molecule has 0 aliphatic carbocycles. The Morgan fingerprint density at radius 2 is 2.39 bits per heavy atom. The molecule has 1 fully saturated rings. The molecule has 1 aromatic rings. The fourth-order valence-corrected chi connectivity index (χ4v) is 2.25. The first-order chi connectivity index (χ1) is 8.72. The van der Waals surface area contributed by atoms with Crippen molar-refractivity contribution < 1.29 is 9.13 Å². The summed E-state index contributed by atoms with van der Waals surface area (Å²) in [6.45, 7) is 1.26. The molecular formula is C13H14ClFN2O. The monoisotopic (exact) mass is 268 g/mol. The third-order valence-corrected chi connectivity index (χ3v) is 3.31. The first-order valence-electron chi connectivity index (χ1n) is 5.89. The van der Waals surface area contributed by atoms with E-state index in [1.165, 1.54) is 6.07 Å². The summed E-state index contributed by atoms with van der Waals surface area (Å²) in [7, 11) is 0. The van der Waals surface area contributed by atoms with E-state index in [0.717, 1.165) is 12.0 Å². The van der Waals surface area contributed by atoms with Crippen LogP contribution in [0.15, 0.2) is 18.2 Å². The normalized spacial score (nSPS) is 22.9. The zero-order chi connectivity index (χ0) is 13.0. The summed E-state index contributed by atoms with van der Waals surface area (Å²) in [5.74, 6) is -0.430. The van der Waals surface area contributed by atoms with Crippen molar-refractivity contribution in [3.63, 3.8) is 0 Å². The van der Waals surface area contributed by atoms with Crippen molar-refractivity contribution in [2.24, 2.45) is 0 Å². The van der Waals surface area contributed by atoms with Gasteiger partial charge in [0.05, 0.1) is 17.2 Å². The molecule has 96 valence electrons. The van der Waals surface area contributed by atoms with Gasteiger partial charge in [0.2, 0.25) is 0 Å². The molecule has 0 spiro atoms. The second-order valence-electron chi connectivity index (χ2n) is 4.22. The quantitative estimate of drug-likeness (QED) is 0.854. The molecule has 2 atom stereocenters. The lowest BCUT2D eigenvalue weighted by atomic mass is 10.0. The second kappa shape index (κ2) is 6.14. The van der Waals surface area contributed by atoms with Gasteiger partial charge < -0.3 is 10.1 Å². The van der Waals surface area contributed by atoms with Gasteiger partial charge >= 0.3 is 0 Å². The number of ether oxygens (including phenoxy) is 1. The minimum absolute atomic E-state index is 0.116. The first-order valence-corrected chi connectivity index (χ1v) is 6.27. The number of hydrogen-bond acceptors (Lipinski definition) is 3. The summed E-state index contributed by atoms with van der Waals surface area (Å²) in [5, 5.41) is 11.9. The second-order valence-corrected chi connectivity index (χ2v) is 4.63. The molecule has 2 rings (SSSR count). The predicted molar refractivity (Wildman–Crippen MR) is 66.7 cm³/mol. The van der Waals surface area contributed by atoms with Crippen LogP contribution in [0.1, 0.15) is 24.5 Å². The highest BCUT2D eigenvalue weighted by Gasteiger charge is 2.29. The smallest absolute Gasteiger partial charge is 0.142 e. The first kappa shape index (κ1) is 13.3. The van der Waals surface area contributed by atoms with Crippen LogP contribution in [0, 0.1) is 17.1 Å². The summed E-state index contributed by atoms with van der Waals surface area (Å²) >= 11 is 5.66. The highest BCUT2D eigenvalue weighted by atomic mass is 35.5. The number of hydrogen-bond donors (Lipinski definition) is 1. The van der Waals surface area contributed by atoms with Gasteiger partial charge in [-0.2, -0.15) is 5.26 Å². The molecule has 1 aromatic carbocycles. The van der Waals surface area contributed by atoms with Crippen LogP contribution in [-0.4, -0.2) is 19.2 Å². The number of nitrogens with one attached hydrogen (secondary N) is 1. The van der Waals surface area contributed by atoms with E-state index >= 15 is 0 Å². The number of nitriles is 1. The van der Waals surface area contributed by atoms with Crippen molar-refractivity contribution in [1.82, 2.24) is 5.32 Å². The van der Waals surface area contributed by atoms with Crippen molar-refractivity contribution in [1.29, 1.82) is 5.26 Å². The zero-order valence-corrected chi connectivity index (χ0v) is 10.6. The van der Waals surface area contributed by atoms with Crippen LogP contribution < -0.4 is 5.32 Å². The third-order valence-electron chi connectivity index (χ3n) is 3.01. The third kappa shape index (κ3) is 2.99. The van der Waals surface area contributed by atoms with Crippen LogP contribution in [-0.2, 0) is 4.74 Å². The van der Waals surface area contributed by atoms with Crippen molar-refractivity contribution in [2.45, 2.75) is 25.0 Å². The van der Waals surface area contributed by atoms with Gasteiger partial charge in [0.15, 0.2) is 0 Å². The van der Waals surface area contributed by atoms with E-state index in [1.807, 2.05) is 0 Å². The summed E-state index contributed by atoms with van der Waals surface area (Å²) in [6.07, 6.45) is 1.15. The average molecular weight is 269 g/mol. The molecule has 1 aliphatic heterocycles. The molecular weight excluding hydrogens is 255 g/mol. The lowest BCUT2D eigenvalue weighted by Gasteiger charge is -2.20. The van der Waals surface area contributed by atoms with Gasteiger partial charge in [0.1, 0.15) is 5.82 Å². The highest BCUT2D eigenvalue weighted by Crippen LogP contribution is 2.30. The van der Waals surface area contributed by atoms with Crippen LogP contribution >= 0.6 is 11.6 Å². The summed E-state index contributed by atoms with van der Waals surface area (Å²) in [6, 6.07) is 6.94. The molecule has 1 saturated heterocycles. The fraction of sp³-hybridized carbons (Fsp3) is 0.462. The van der Waals surface area contributed by atoms with Gasteiger partial charge in [0, 0.05) is 25.6 Å². The standard InChI is InChI=1S/C13H14ClFN2O/c14-10-3-2-9(8-11(10)15)13-12(4-7-18-13)17-6-1-5-16/h2-3,8,12-13,17H,1,4,6-7H2/t12-,13+/m1/s1. The topological polar surface area (TPSA) is 45.0 Å². The Morgan fingerprint density at radius 3 is 3.11 bits per heavy atom. The van der Waals surface area contributed by atoms with Gasteiger partial charge in [-0.1, -0.05) is 17.7 Å². The molecule has 1 aliphatic rings. The van der Waals surface area contributed by atoms with Gasteiger partial charge in [0.25, 0.3) is 0 Å². The average Bonchev–Trinajstić information content (AvgIpc) is 2.81. The fourth-order valence-electron chi connectivity index (χ4n) is 2.13. The maximum Gasteiger partial charge on any atom is 0.142 e. The van der Waals surface area contributed by atoms with Gasteiger partial charge in [-0.3, -0.25) is 0 Å². The SMILES string of the molecule is N#CCCN[C@@H]1CCO[C@H]1c1ccc(Cl)c(F)c1. The Morgan fingerprint density at radius 1 is 1.56 bits per heavy atom. The Kier molecular flexibility index (Phi) is 4.54. The Labute approximate surface area is 111 Å². The molecule has 5 heteroatoms. The van der Waals surface area contributed by atoms with E-state index < -0.39 is 5.82 Å². The summed E-state index contributed by atoms with van der Waals surface area (Å²) in [5.41, 5.74) is 0.781. The molecule has 18 heavy (non-hydrogen) atoms. The van der Waals surface area contributed by atoms with E-state index in [4.69, 9.17) is 21.6 Å². The van der Waals surface area contributed by atoms with Gasteiger partial charge in [-0.15, -0.1) is 0 Å². The molecule has 1 heterocycles. The number of benzene rings is 1. The number of rotatable bonds is 4. The molecule has 3 nitrogen and oxygen atoms in total. The van der Waals surface area contributed by atoms with Crippen molar-refractivity contribution in [3.8, 4) is 6.07 Å². The molecule has 0 amide bonds. The highest BCUT2D eigenvalue weighted by molar-refractivity contribution is 6.30. The molecule has 0 aromatic heterocycles. The van der Waals surface area contributed by atoms with E-state index in [1.54, 1.807) is 12.1 Å². The van der Waals surface area contributed by atoms with E-state index in [-0.39, 0.29) is 17.2 Å². The molecule has 1 N–H and O–H groups in total. The summed E-state index contributed by atoms with van der Waals surface area (Å²) < 4.78 is 19.0. The minimum atomic E-state index is -0.430. The van der Waals surface area contributed by atoms with Crippen molar-refractivity contribution >= 4 is 11.6 Å². The molecule has 0 bridgehead atoms. The Hall–Kier alpha value is -1.15. The van der Waals surface area contributed by atoms with Gasteiger partial charge in [-0.25, -0.2) is 4.39 Å².